The van der Waals surface area contributed by atoms with Crippen LogP contribution in [0.5, 0.6) is 0 Å². The maximum absolute atomic E-state index is 5.76. The Morgan fingerprint density at radius 3 is 2.83 bits per heavy atom. The fraction of sp³-hybridized carbons (Fsp3) is 0.667. The van der Waals surface area contributed by atoms with Gasteiger partial charge in [0.25, 0.3) is 0 Å². The lowest BCUT2D eigenvalue weighted by molar-refractivity contribution is 0.0377. The zero-order valence-electron chi connectivity index (χ0n) is 18.4. The molecule has 0 saturated carbocycles. The quantitative estimate of drug-likeness (QED) is 0.346. The molecule has 0 aliphatic carbocycles. The van der Waals surface area contributed by atoms with Crippen LogP contribution < -0.4 is 10.6 Å². The SMILES string of the molecule is CCc1nncn1CCNC(=NCCCN1CCOCC1)NC(C)c1ccc(C)o1. The first kappa shape index (κ1) is 22.3. The van der Waals surface area contributed by atoms with Crippen LogP contribution in [0.3, 0.4) is 0 Å². The molecule has 166 valence electrons. The lowest BCUT2D eigenvalue weighted by atomic mass is 10.2. The van der Waals surface area contributed by atoms with E-state index in [1.165, 1.54) is 0 Å². The number of rotatable bonds is 10. The van der Waals surface area contributed by atoms with E-state index in [1.54, 1.807) is 6.33 Å². The highest BCUT2D eigenvalue weighted by molar-refractivity contribution is 5.80. The van der Waals surface area contributed by atoms with Crippen LogP contribution in [-0.4, -0.2) is 71.6 Å². The second-order valence-electron chi connectivity index (χ2n) is 7.57. The van der Waals surface area contributed by atoms with Gasteiger partial charge in [-0.05, 0) is 32.4 Å². The van der Waals surface area contributed by atoms with Gasteiger partial charge in [0.2, 0.25) is 0 Å². The molecule has 0 bridgehead atoms. The van der Waals surface area contributed by atoms with E-state index in [0.717, 1.165) is 88.6 Å². The van der Waals surface area contributed by atoms with Gasteiger partial charge in [0.05, 0.1) is 19.3 Å². The number of hydrogen-bond donors (Lipinski definition) is 2. The molecular weight excluding hydrogens is 382 g/mol. The topological polar surface area (TPSA) is 92.7 Å². The Labute approximate surface area is 178 Å². The molecule has 0 amide bonds. The Hall–Kier alpha value is -2.39. The summed E-state index contributed by atoms with van der Waals surface area (Å²) in [7, 11) is 0. The lowest BCUT2D eigenvalue weighted by Crippen LogP contribution is -2.40. The monoisotopic (exact) mass is 417 g/mol. The highest BCUT2D eigenvalue weighted by Crippen LogP contribution is 2.15. The van der Waals surface area contributed by atoms with E-state index >= 15 is 0 Å². The predicted molar refractivity (Wildman–Crippen MR) is 117 cm³/mol. The minimum atomic E-state index is 0.0327. The minimum absolute atomic E-state index is 0.0327. The van der Waals surface area contributed by atoms with E-state index in [0.29, 0.717) is 0 Å². The molecule has 1 aliphatic heterocycles. The van der Waals surface area contributed by atoms with Gasteiger partial charge < -0.3 is 24.4 Å². The van der Waals surface area contributed by atoms with E-state index in [2.05, 4.69) is 44.1 Å². The molecule has 9 nitrogen and oxygen atoms in total. The number of furan rings is 1. The van der Waals surface area contributed by atoms with Gasteiger partial charge in [-0.15, -0.1) is 10.2 Å². The van der Waals surface area contributed by atoms with Crippen molar-refractivity contribution in [3.8, 4) is 0 Å². The Balaban J connectivity index is 1.52. The van der Waals surface area contributed by atoms with Gasteiger partial charge in [0.15, 0.2) is 5.96 Å². The summed E-state index contributed by atoms with van der Waals surface area (Å²) < 4.78 is 13.2. The largest absolute Gasteiger partial charge is 0.464 e. The van der Waals surface area contributed by atoms with Gasteiger partial charge in [-0.2, -0.15) is 0 Å². The second-order valence-corrected chi connectivity index (χ2v) is 7.57. The fourth-order valence-electron chi connectivity index (χ4n) is 3.46. The van der Waals surface area contributed by atoms with E-state index in [-0.39, 0.29) is 6.04 Å². The molecule has 0 spiro atoms. The maximum atomic E-state index is 5.76. The van der Waals surface area contributed by atoms with Gasteiger partial charge in [-0.25, -0.2) is 0 Å². The third-order valence-electron chi connectivity index (χ3n) is 5.20. The van der Waals surface area contributed by atoms with Crippen molar-refractivity contribution in [3.05, 3.63) is 35.8 Å². The molecule has 30 heavy (non-hydrogen) atoms. The van der Waals surface area contributed by atoms with Crippen molar-refractivity contribution in [2.45, 2.75) is 46.2 Å². The Morgan fingerprint density at radius 2 is 2.10 bits per heavy atom. The first-order valence-corrected chi connectivity index (χ1v) is 10.9. The Bertz CT molecular complexity index is 780. The van der Waals surface area contributed by atoms with Gasteiger partial charge >= 0.3 is 0 Å². The molecule has 2 aromatic rings. The molecule has 2 aromatic heterocycles. The van der Waals surface area contributed by atoms with Crippen LogP contribution in [0, 0.1) is 6.92 Å². The summed E-state index contributed by atoms with van der Waals surface area (Å²) in [4.78, 5) is 7.23. The van der Waals surface area contributed by atoms with Gasteiger partial charge in [0.1, 0.15) is 23.7 Å². The summed E-state index contributed by atoms with van der Waals surface area (Å²) in [5.41, 5.74) is 0. The Morgan fingerprint density at radius 1 is 1.27 bits per heavy atom. The first-order valence-electron chi connectivity index (χ1n) is 10.9. The van der Waals surface area contributed by atoms with Crippen LogP contribution in [-0.2, 0) is 17.7 Å². The minimum Gasteiger partial charge on any atom is -0.464 e. The van der Waals surface area contributed by atoms with E-state index in [9.17, 15) is 0 Å². The summed E-state index contributed by atoms with van der Waals surface area (Å²) in [6.45, 7) is 13.2. The van der Waals surface area contributed by atoms with Crippen molar-refractivity contribution in [2.75, 3.05) is 45.9 Å². The number of guanidine groups is 1. The number of morpholine rings is 1. The lowest BCUT2D eigenvalue weighted by Gasteiger charge is -2.26. The van der Waals surface area contributed by atoms with E-state index in [4.69, 9.17) is 14.1 Å². The van der Waals surface area contributed by atoms with Crippen molar-refractivity contribution in [1.82, 2.24) is 30.3 Å². The van der Waals surface area contributed by atoms with Gasteiger partial charge in [0, 0.05) is 45.7 Å². The molecule has 9 heteroatoms. The van der Waals surface area contributed by atoms with Gasteiger partial charge in [-0.3, -0.25) is 9.89 Å². The average Bonchev–Trinajstić information content (AvgIpc) is 3.40. The molecule has 1 unspecified atom stereocenters. The molecule has 3 heterocycles. The number of aryl methyl sites for hydroxylation is 2. The molecule has 1 aliphatic rings. The molecular formula is C21H35N7O2. The maximum Gasteiger partial charge on any atom is 0.191 e. The molecule has 1 fully saturated rings. The Kier molecular flexibility index (Phi) is 8.70. The highest BCUT2D eigenvalue weighted by atomic mass is 16.5. The number of ether oxygens (including phenoxy) is 1. The summed E-state index contributed by atoms with van der Waals surface area (Å²) >= 11 is 0. The van der Waals surface area contributed by atoms with Crippen LogP contribution in [0.25, 0.3) is 0 Å². The van der Waals surface area contributed by atoms with Crippen LogP contribution >= 0.6 is 0 Å². The molecule has 2 N–H and O–H groups in total. The summed E-state index contributed by atoms with van der Waals surface area (Å²) in [5.74, 6) is 3.61. The van der Waals surface area contributed by atoms with Crippen molar-refractivity contribution >= 4 is 5.96 Å². The molecule has 1 saturated heterocycles. The zero-order chi connectivity index (χ0) is 21.2. The van der Waals surface area contributed by atoms with Crippen LogP contribution in [0.4, 0.5) is 0 Å². The third-order valence-corrected chi connectivity index (χ3v) is 5.20. The first-order chi connectivity index (χ1) is 14.7. The van der Waals surface area contributed by atoms with Crippen LogP contribution in [0.2, 0.25) is 0 Å². The second kappa shape index (κ2) is 11.7. The zero-order valence-corrected chi connectivity index (χ0v) is 18.4. The van der Waals surface area contributed by atoms with E-state index < -0.39 is 0 Å². The molecule has 3 rings (SSSR count). The normalized spacial score (nSPS) is 16.6. The number of hydrogen-bond acceptors (Lipinski definition) is 6. The fourth-order valence-corrected chi connectivity index (χ4v) is 3.46. The number of nitrogens with one attached hydrogen (secondary N) is 2. The number of aromatic nitrogens is 3. The van der Waals surface area contributed by atoms with Crippen molar-refractivity contribution in [3.63, 3.8) is 0 Å². The standard InChI is InChI=1S/C21H35N7O2/c1-4-20-26-24-16-28(20)11-9-23-21(25-18(3)19-7-6-17(2)30-19)22-8-5-10-27-12-14-29-15-13-27/h6-7,16,18H,4-5,8-15H2,1-3H3,(H2,22,23,25). The van der Waals surface area contributed by atoms with E-state index in [1.807, 2.05) is 19.1 Å². The van der Waals surface area contributed by atoms with Crippen molar-refractivity contribution in [2.24, 2.45) is 4.99 Å². The van der Waals surface area contributed by atoms with Crippen LogP contribution in [0.1, 0.15) is 43.7 Å². The average molecular weight is 418 g/mol. The number of nitrogens with zero attached hydrogens (tertiary/aromatic N) is 5. The van der Waals surface area contributed by atoms with Gasteiger partial charge in [-0.1, -0.05) is 6.92 Å². The third kappa shape index (κ3) is 6.84. The number of aliphatic imine (C=N–C) groups is 1. The highest BCUT2D eigenvalue weighted by Gasteiger charge is 2.12. The molecule has 1 atom stereocenters. The summed E-state index contributed by atoms with van der Waals surface area (Å²) in [6, 6.07) is 4.02. The molecule has 0 aromatic carbocycles. The summed E-state index contributed by atoms with van der Waals surface area (Å²) in [5, 5.41) is 15.0. The smallest absolute Gasteiger partial charge is 0.191 e. The van der Waals surface area contributed by atoms with Crippen molar-refractivity contribution < 1.29 is 9.15 Å². The van der Waals surface area contributed by atoms with Crippen LogP contribution in [0.15, 0.2) is 27.9 Å². The molecule has 0 radical (unpaired) electrons. The summed E-state index contributed by atoms with van der Waals surface area (Å²) in [6.07, 6.45) is 3.67. The van der Waals surface area contributed by atoms with Crippen molar-refractivity contribution in [1.29, 1.82) is 0 Å². The predicted octanol–water partition coefficient (Wildman–Crippen LogP) is 1.76.